The van der Waals surface area contributed by atoms with Gasteiger partial charge < -0.3 is 15.6 Å². The molecule has 0 bridgehead atoms. The number of nitrogens with zero attached hydrogens (tertiary/aromatic N) is 1. The lowest BCUT2D eigenvalue weighted by molar-refractivity contribution is -0.138. The number of halogens is 1. The molecule has 0 aromatic carbocycles. The number of aldehydes is 1. The van der Waals surface area contributed by atoms with E-state index in [1.54, 1.807) is 0 Å². The summed E-state index contributed by atoms with van der Waals surface area (Å²) in [6.07, 6.45) is 2.08. The normalized spacial score (nSPS) is 10.7. The fraction of sp³-hybridized carbons (Fsp3) is 0.750. The van der Waals surface area contributed by atoms with Crippen molar-refractivity contribution in [3.8, 4) is 0 Å². The van der Waals surface area contributed by atoms with Crippen molar-refractivity contribution < 1.29 is 23.1 Å². The lowest BCUT2D eigenvalue weighted by Gasteiger charge is -2.03. The van der Waals surface area contributed by atoms with Crippen LogP contribution in [0.3, 0.4) is 0 Å². The number of carbonyl (C=O) groups excluding carboxylic acids is 1. The summed E-state index contributed by atoms with van der Waals surface area (Å²) in [5.41, 5.74) is 5.21. The van der Waals surface area contributed by atoms with Crippen molar-refractivity contribution in [1.29, 1.82) is 0 Å². The molecule has 3 N–H and O–H groups in total. The van der Waals surface area contributed by atoms with Gasteiger partial charge in [0.2, 0.25) is 0 Å². The van der Waals surface area contributed by atoms with Gasteiger partial charge >= 0.3 is 16.5 Å². The Labute approximate surface area is 106 Å². The molecule has 0 aliphatic heterocycles. The molecule has 0 heterocycles. The predicted octanol–water partition coefficient (Wildman–Crippen LogP) is 0.0554. The van der Waals surface area contributed by atoms with Crippen molar-refractivity contribution in [2.24, 2.45) is 10.1 Å². The number of unbranched alkanes of at least 4 members (excludes halogenated alkanes) is 1. The number of aliphatic carboxylic acids is 1. The Bertz CT molecular complexity index is 336. The number of carboxylic acids is 1. The van der Waals surface area contributed by atoms with Gasteiger partial charge in [0, 0.05) is 0 Å². The fourth-order valence-electron chi connectivity index (χ4n) is 0.739. The van der Waals surface area contributed by atoms with Crippen LogP contribution in [0.4, 0.5) is 0 Å². The summed E-state index contributed by atoms with van der Waals surface area (Å²) in [6.45, 7) is 0.197. The van der Waals surface area contributed by atoms with Gasteiger partial charge in [0.05, 0.1) is 12.4 Å². The topological polar surface area (TPSA) is 127 Å². The third kappa shape index (κ3) is 17.6. The van der Waals surface area contributed by atoms with Crippen LogP contribution in [0.1, 0.15) is 19.3 Å². The van der Waals surface area contributed by atoms with Crippen molar-refractivity contribution in [3.63, 3.8) is 0 Å². The first-order valence-corrected chi connectivity index (χ1v) is 6.27. The van der Waals surface area contributed by atoms with Crippen LogP contribution >= 0.6 is 11.6 Å². The molecule has 0 rings (SSSR count). The van der Waals surface area contributed by atoms with Crippen molar-refractivity contribution in [3.05, 3.63) is 0 Å². The van der Waals surface area contributed by atoms with Crippen LogP contribution in [0.15, 0.2) is 4.36 Å². The van der Waals surface area contributed by atoms with Crippen molar-refractivity contribution >= 4 is 34.4 Å². The van der Waals surface area contributed by atoms with E-state index in [0.717, 1.165) is 0 Å². The molecular formula is C8H15ClN2O5S. The van der Waals surface area contributed by atoms with Gasteiger partial charge in [0.15, 0.2) is 0 Å². The highest BCUT2D eigenvalue weighted by Gasteiger charge is 2.09. The maximum atomic E-state index is 10.2. The lowest BCUT2D eigenvalue weighted by atomic mass is 10.1. The van der Waals surface area contributed by atoms with E-state index in [0.29, 0.717) is 25.5 Å². The van der Waals surface area contributed by atoms with E-state index in [1.807, 2.05) is 0 Å². The first-order chi connectivity index (χ1) is 7.95. The molecule has 0 saturated carbocycles. The molecule has 0 unspecified atom stereocenters. The highest BCUT2D eigenvalue weighted by molar-refractivity contribution is 7.61. The maximum absolute atomic E-state index is 10.2. The highest BCUT2D eigenvalue weighted by Crippen LogP contribution is 1.99. The van der Waals surface area contributed by atoms with Crippen LogP contribution in [0, 0.1) is 0 Å². The minimum atomic E-state index is -2.36. The van der Waals surface area contributed by atoms with Crippen molar-refractivity contribution in [2.45, 2.75) is 25.3 Å². The molecule has 9 heteroatoms. The van der Waals surface area contributed by atoms with Crippen LogP contribution in [0.5, 0.6) is 0 Å². The average Bonchev–Trinajstić information content (AvgIpc) is 2.28. The smallest absolute Gasteiger partial charge is 0.320 e. The summed E-state index contributed by atoms with van der Waals surface area (Å²) in [5.74, 6) is -0.927. The van der Waals surface area contributed by atoms with E-state index >= 15 is 0 Å². The summed E-state index contributed by atoms with van der Waals surface area (Å²) < 4.78 is 23.0. The van der Waals surface area contributed by atoms with Gasteiger partial charge in [-0.1, -0.05) is 0 Å². The SMILES string of the molecule is N[C@@H](CCCCN=S(=O)=O)C(=O)O.O=CCCl. The number of alkyl halides is 1. The fourth-order valence-corrected chi connectivity index (χ4v) is 1.02. The average molecular weight is 287 g/mol. The van der Waals surface area contributed by atoms with Crippen molar-refractivity contribution in [1.82, 2.24) is 0 Å². The molecule has 0 aromatic rings. The molecule has 0 amide bonds. The first kappa shape index (κ1) is 18.4. The summed E-state index contributed by atoms with van der Waals surface area (Å²) in [4.78, 5) is 19.3. The van der Waals surface area contributed by atoms with E-state index in [-0.39, 0.29) is 12.4 Å². The summed E-state index contributed by atoms with van der Waals surface area (Å²) in [5, 5.41) is 8.38. The Morgan fingerprint density at radius 2 is 2.00 bits per heavy atom. The van der Waals surface area contributed by atoms with Crippen LogP contribution in [0.2, 0.25) is 0 Å². The van der Waals surface area contributed by atoms with E-state index in [4.69, 9.17) is 27.2 Å². The van der Waals surface area contributed by atoms with Gasteiger partial charge in [0.25, 0.3) is 0 Å². The Balaban J connectivity index is 0. The number of hydrogen-bond donors (Lipinski definition) is 2. The Morgan fingerprint density at radius 1 is 1.47 bits per heavy atom. The van der Waals surface area contributed by atoms with Gasteiger partial charge in [-0.05, 0) is 19.3 Å². The number of nitrogens with two attached hydrogens (primary N) is 1. The van der Waals surface area contributed by atoms with Gasteiger partial charge in [0.1, 0.15) is 12.3 Å². The minimum Gasteiger partial charge on any atom is -0.480 e. The molecule has 0 fully saturated rings. The molecule has 7 nitrogen and oxygen atoms in total. The first-order valence-electron chi connectivity index (χ1n) is 4.70. The molecule has 0 aliphatic rings. The van der Waals surface area contributed by atoms with Gasteiger partial charge in [-0.3, -0.25) is 4.79 Å². The third-order valence-electron chi connectivity index (χ3n) is 1.50. The number of carboxylic acid groups (broad SMARTS) is 1. The second-order valence-corrected chi connectivity index (χ2v) is 3.83. The zero-order valence-electron chi connectivity index (χ0n) is 9.08. The summed E-state index contributed by atoms with van der Waals surface area (Å²) in [6, 6.07) is -0.863. The van der Waals surface area contributed by atoms with Crippen LogP contribution in [-0.2, 0) is 20.1 Å². The number of carbonyl (C=O) groups is 2. The largest absolute Gasteiger partial charge is 0.480 e. The van der Waals surface area contributed by atoms with E-state index < -0.39 is 22.5 Å². The quantitative estimate of drug-likeness (QED) is 0.387. The Kier molecular flexibility index (Phi) is 14.1. The second-order valence-electron chi connectivity index (χ2n) is 2.83. The second kappa shape index (κ2) is 13.1. The molecular weight excluding hydrogens is 272 g/mol. The minimum absolute atomic E-state index is 0.111. The zero-order chi connectivity index (χ0) is 13.7. The maximum Gasteiger partial charge on any atom is 0.320 e. The van der Waals surface area contributed by atoms with E-state index in [1.165, 1.54) is 0 Å². The van der Waals surface area contributed by atoms with Crippen molar-refractivity contribution in [2.75, 3.05) is 12.4 Å². The standard InChI is InChI=1S/C6H12N2O4S.C2H3ClO/c7-5(6(9)10)3-1-2-4-8-13(11)12;3-1-2-4/h5H,1-4,7H2,(H,9,10);2H,1H2/t5-;/m0./s1. The number of rotatable bonds is 7. The molecule has 0 saturated heterocycles. The van der Waals surface area contributed by atoms with Gasteiger partial charge in [-0.25, -0.2) is 0 Å². The number of hydrogen-bond acceptors (Lipinski definition) is 6. The molecule has 1 atom stereocenters. The molecule has 0 aromatic heterocycles. The third-order valence-corrected chi connectivity index (χ3v) is 2.02. The van der Waals surface area contributed by atoms with E-state index in [2.05, 4.69) is 4.36 Å². The molecule has 0 spiro atoms. The molecule has 17 heavy (non-hydrogen) atoms. The monoisotopic (exact) mass is 286 g/mol. The molecule has 0 aliphatic carbocycles. The Hall–Kier alpha value is -0.990. The lowest BCUT2D eigenvalue weighted by Crippen LogP contribution is -2.29. The molecule has 100 valence electrons. The molecule has 0 radical (unpaired) electrons. The Morgan fingerprint density at radius 3 is 2.35 bits per heavy atom. The predicted molar refractivity (Wildman–Crippen MR) is 62.5 cm³/mol. The van der Waals surface area contributed by atoms with E-state index in [9.17, 15) is 13.2 Å². The van der Waals surface area contributed by atoms with Gasteiger partial charge in [-0.2, -0.15) is 12.8 Å². The zero-order valence-corrected chi connectivity index (χ0v) is 10.7. The van der Waals surface area contributed by atoms with Gasteiger partial charge in [-0.15, -0.1) is 11.6 Å². The highest BCUT2D eigenvalue weighted by atomic mass is 35.5. The van der Waals surface area contributed by atoms with Crippen LogP contribution < -0.4 is 5.73 Å². The van der Waals surface area contributed by atoms with Crippen LogP contribution in [-0.4, -0.2) is 44.2 Å². The van der Waals surface area contributed by atoms with Crippen LogP contribution in [0.25, 0.3) is 0 Å². The summed E-state index contributed by atoms with van der Waals surface area (Å²) >= 11 is 4.82. The summed E-state index contributed by atoms with van der Waals surface area (Å²) in [7, 11) is -2.36.